The number of H-pyrrole nitrogens is 1. The molecule has 0 fully saturated rings. The Morgan fingerprint density at radius 1 is 1.19 bits per heavy atom. The van der Waals surface area contributed by atoms with E-state index in [0.717, 1.165) is 12.8 Å². The van der Waals surface area contributed by atoms with E-state index in [1.165, 1.54) is 0 Å². The number of nitrogens with one attached hydrogen (secondary N) is 2. The fourth-order valence-corrected chi connectivity index (χ4v) is 2.39. The van der Waals surface area contributed by atoms with Crippen molar-refractivity contribution in [3.05, 3.63) is 22.5 Å². The molecule has 0 aliphatic rings. The summed E-state index contributed by atoms with van der Waals surface area (Å²) >= 11 is 0. The predicted molar refractivity (Wildman–Crippen MR) is 82.6 cm³/mol. The van der Waals surface area contributed by atoms with Crippen LogP contribution in [0.3, 0.4) is 0 Å². The monoisotopic (exact) mass is 294 g/mol. The molecule has 0 aliphatic carbocycles. The van der Waals surface area contributed by atoms with Gasteiger partial charge in [0, 0.05) is 12.2 Å². The summed E-state index contributed by atoms with van der Waals surface area (Å²) < 4.78 is 5.03. The van der Waals surface area contributed by atoms with Crippen molar-refractivity contribution in [3.63, 3.8) is 0 Å². The molecule has 0 spiro atoms. The van der Waals surface area contributed by atoms with E-state index in [9.17, 15) is 9.59 Å². The second-order valence-electron chi connectivity index (χ2n) is 5.24. The zero-order valence-electron chi connectivity index (χ0n) is 13.6. The van der Waals surface area contributed by atoms with Gasteiger partial charge in [-0.1, -0.05) is 26.7 Å². The third-order valence-electron chi connectivity index (χ3n) is 3.85. The Hall–Kier alpha value is -1.78. The van der Waals surface area contributed by atoms with E-state index < -0.39 is 0 Å². The maximum Gasteiger partial charge on any atom is 0.340 e. The van der Waals surface area contributed by atoms with Crippen molar-refractivity contribution in [3.8, 4) is 0 Å². The average Bonchev–Trinajstić information content (AvgIpc) is 2.75. The van der Waals surface area contributed by atoms with Crippen molar-refractivity contribution in [1.82, 2.24) is 10.3 Å². The maximum atomic E-state index is 12.3. The molecule has 0 bridgehead atoms. The highest BCUT2D eigenvalue weighted by atomic mass is 16.5. The number of hydrogen-bond donors (Lipinski definition) is 2. The molecule has 1 heterocycles. The highest BCUT2D eigenvalue weighted by Crippen LogP contribution is 2.19. The number of aromatic nitrogens is 1. The van der Waals surface area contributed by atoms with Crippen LogP contribution in [-0.2, 0) is 4.74 Å². The molecule has 0 radical (unpaired) electrons. The minimum atomic E-state index is -0.386. The van der Waals surface area contributed by atoms with Crippen LogP contribution in [0.5, 0.6) is 0 Å². The number of aromatic amines is 1. The number of aryl methyl sites for hydroxylation is 1. The first-order valence-electron chi connectivity index (χ1n) is 7.60. The molecule has 1 aromatic heterocycles. The first-order valence-corrected chi connectivity index (χ1v) is 7.60. The van der Waals surface area contributed by atoms with Gasteiger partial charge in [-0.25, -0.2) is 4.79 Å². The maximum absolute atomic E-state index is 12.3. The third-order valence-corrected chi connectivity index (χ3v) is 3.85. The first kappa shape index (κ1) is 17.3. The van der Waals surface area contributed by atoms with Crippen LogP contribution in [0.25, 0.3) is 0 Å². The Bertz CT molecular complexity index is 502. The van der Waals surface area contributed by atoms with E-state index in [1.54, 1.807) is 20.8 Å². The third kappa shape index (κ3) is 4.09. The summed E-state index contributed by atoms with van der Waals surface area (Å²) in [7, 11) is 0. The lowest BCUT2D eigenvalue weighted by atomic mass is 10.0. The Labute approximate surface area is 126 Å². The first-order chi connectivity index (χ1) is 9.96. The molecule has 21 heavy (non-hydrogen) atoms. The summed E-state index contributed by atoms with van der Waals surface area (Å²) in [6.07, 6.45) is 2.07. The predicted octanol–water partition coefficient (Wildman–Crippen LogP) is 2.97. The lowest BCUT2D eigenvalue weighted by molar-refractivity contribution is 0.0525. The van der Waals surface area contributed by atoms with Crippen LogP contribution in [0, 0.1) is 19.8 Å². The van der Waals surface area contributed by atoms with Crippen molar-refractivity contribution in [2.75, 3.05) is 13.2 Å². The fraction of sp³-hybridized carbons (Fsp3) is 0.625. The molecule has 0 unspecified atom stereocenters. The van der Waals surface area contributed by atoms with Crippen LogP contribution >= 0.6 is 0 Å². The number of carbonyl (C=O) groups excluding carboxylic acids is 2. The van der Waals surface area contributed by atoms with Crippen LogP contribution < -0.4 is 5.32 Å². The molecule has 118 valence electrons. The summed E-state index contributed by atoms with van der Waals surface area (Å²) in [5, 5.41) is 2.93. The van der Waals surface area contributed by atoms with Gasteiger partial charge < -0.3 is 15.0 Å². The molecule has 0 aliphatic heterocycles. The van der Waals surface area contributed by atoms with E-state index in [2.05, 4.69) is 24.1 Å². The molecule has 2 N–H and O–H groups in total. The zero-order chi connectivity index (χ0) is 16.0. The molecule has 1 amide bonds. The Morgan fingerprint density at radius 3 is 2.33 bits per heavy atom. The van der Waals surface area contributed by atoms with Crippen molar-refractivity contribution in [2.45, 2.75) is 47.5 Å². The van der Waals surface area contributed by atoms with Crippen LogP contribution in [-0.4, -0.2) is 30.0 Å². The standard InChI is InChI=1S/C16H26N2O3/c1-6-12(7-2)9-17-15(19)14-10(4)13(11(5)18-14)16(20)21-8-3/h12,18H,6-9H2,1-5H3,(H,17,19). The van der Waals surface area contributed by atoms with Crippen molar-refractivity contribution < 1.29 is 14.3 Å². The van der Waals surface area contributed by atoms with Crippen molar-refractivity contribution in [1.29, 1.82) is 0 Å². The van der Waals surface area contributed by atoms with Gasteiger partial charge in [0.05, 0.1) is 12.2 Å². The molecule has 1 aromatic rings. The molecule has 0 atom stereocenters. The number of rotatable bonds is 7. The molecule has 1 rings (SSSR count). The van der Waals surface area contributed by atoms with E-state index in [0.29, 0.717) is 41.6 Å². The minimum Gasteiger partial charge on any atom is -0.462 e. The van der Waals surface area contributed by atoms with Crippen LogP contribution in [0.4, 0.5) is 0 Å². The highest BCUT2D eigenvalue weighted by Gasteiger charge is 2.22. The lowest BCUT2D eigenvalue weighted by Gasteiger charge is -2.13. The lowest BCUT2D eigenvalue weighted by Crippen LogP contribution is -2.29. The summed E-state index contributed by atoms with van der Waals surface area (Å²) in [5.41, 5.74) is 2.22. The summed E-state index contributed by atoms with van der Waals surface area (Å²) in [5.74, 6) is -0.0734. The summed E-state index contributed by atoms with van der Waals surface area (Å²) in [4.78, 5) is 27.2. The Balaban J connectivity index is 2.87. The topological polar surface area (TPSA) is 71.2 Å². The van der Waals surface area contributed by atoms with E-state index in [4.69, 9.17) is 4.74 Å². The van der Waals surface area contributed by atoms with Crippen LogP contribution in [0.1, 0.15) is 65.7 Å². The van der Waals surface area contributed by atoms with Gasteiger partial charge in [-0.3, -0.25) is 4.79 Å². The Morgan fingerprint density at radius 2 is 1.81 bits per heavy atom. The molecule has 0 saturated heterocycles. The number of hydrogen-bond acceptors (Lipinski definition) is 3. The van der Waals surface area contributed by atoms with Crippen LogP contribution in [0.2, 0.25) is 0 Å². The normalized spacial score (nSPS) is 10.8. The van der Waals surface area contributed by atoms with Crippen molar-refractivity contribution >= 4 is 11.9 Å². The fourth-order valence-electron chi connectivity index (χ4n) is 2.39. The van der Waals surface area contributed by atoms with Gasteiger partial charge in [0.2, 0.25) is 0 Å². The van der Waals surface area contributed by atoms with Gasteiger partial charge in [-0.05, 0) is 32.3 Å². The van der Waals surface area contributed by atoms with E-state index in [-0.39, 0.29) is 11.9 Å². The van der Waals surface area contributed by atoms with Gasteiger partial charge in [0.1, 0.15) is 5.69 Å². The number of amides is 1. The van der Waals surface area contributed by atoms with Crippen LogP contribution in [0.15, 0.2) is 0 Å². The van der Waals surface area contributed by atoms with E-state index >= 15 is 0 Å². The Kier molecular flexibility index (Phi) is 6.46. The molecule has 0 saturated carbocycles. The molecular formula is C16H26N2O3. The molecule has 5 heteroatoms. The summed E-state index contributed by atoms with van der Waals surface area (Å²) in [6.45, 7) is 10.5. The summed E-state index contributed by atoms with van der Waals surface area (Å²) in [6, 6.07) is 0. The van der Waals surface area contributed by atoms with Gasteiger partial charge in [0.25, 0.3) is 5.91 Å². The number of carbonyl (C=O) groups is 2. The second kappa shape index (κ2) is 7.86. The van der Waals surface area contributed by atoms with Gasteiger partial charge in [-0.15, -0.1) is 0 Å². The molecule has 5 nitrogen and oxygen atoms in total. The second-order valence-corrected chi connectivity index (χ2v) is 5.24. The quantitative estimate of drug-likeness (QED) is 0.759. The number of esters is 1. The van der Waals surface area contributed by atoms with Crippen molar-refractivity contribution in [2.24, 2.45) is 5.92 Å². The minimum absolute atomic E-state index is 0.168. The SMILES string of the molecule is CCOC(=O)c1c(C)[nH]c(C(=O)NCC(CC)CC)c1C. The van der Waals surface area contributed by atoms with Gasteiger partial charge in [-0.2, -0.15) is 0 Å². The zero-order valence-corrected chi connectivity index (χ0v) is 13.6. The van der Waals surface area contributed by atoms with E-state index in [1.807, 2.05) is 0 Å². The number of ether oxygens (including phenoxy) is 1. The highest BCUT2D eigenvalue weighted by molar-refractivity contribution is 6.00. The van der Waals surface area contributed by atoms with Gasteiger partial charge >= 0.3 is 5.97 Å². The van der Waals surface area contributed by atoms with Gasteiger partial charge in [0.15, 0.2) is 0 Å². The molecular weight excluding hydrogens is 268 g/mol. The smallest absolute Gasteiger partial charge is 0.340 e. The average molecular weight is 294 g/mol. The molecule has 0 aromatic carbocycles. The largest absolute Gasteiger partial charge is 0.462 e.